The summed E-state index contributed by atoms with van der Waals surface area (Å²) >= 11 is 0. The highest BCUT2D eigenvalue weighted by Crippen LogP contribution is 2.44. The van der Waals surface area contributed by atoms with Crippen LogP contribution in [0.3, 0.4) is 0 Å². The van der Waals surface area contributed by atoms with E-state index in [0.29, 0.717) is 0 Å². The molecule has 0 spiro atoms. The largest absolute Gasteiger partial charge is 0.545 e. The van der Waals surface area contributed by atoms with Gasteiger partial charge in [0.15, 0.2) is 0 Å². The number of carbonyl (C=O) groups is 3. The minimum absolute atomic E-state index is 0.0261. The van der Waals surface area contributed by atoms with Gasteiger partial charge in [0, 0.05) is 29.8 Å². The van der Waals surface area contributed by atoms with E-state index in [1.165, 1.54) is 26.8 Å². The molecule has 1 aromatic rings. The Kier molecular flexibility index (Phi) is 7.30. The Morgan fingerprint density at radius 1 is 1.00 bits per heavy atom. The fraction of sp³-hybridized carbons (Fsp3) is 0.435. The van der Waals surface area contributed by atoms with Crippen LogP contribution in [0.2, 0.25) is 0 Å². The lowest BCUT2D eigenvalue weighted by atomic mass is 9.78. The van der Waals surface area contributed by atoms with Crippen molar-refractivity contribution in [2.75, 3.05) is 0 Å². The average molecular weight is 468 g/mol. The molecule has 0 saturated carbocycles. The number of nitrogens with one attached hydrogen (secondary N) is 1. The van der Waals surface area contributed by atoms with Crippen molar-refractivity contribution in [3.63, 3.8) is 0 Å². The van der Waals surface area contributed by atoms with Crippen LogP contribution < -0.4 is 10.4 Å². The second kappa shape index (κ2) is 9.29. The number of carboxylic acids is 1. The number of allylic oxidation sites excluding steroid dienone is 2. The number of ether oxygens (including phenoxy) is 2. The predicted octanol–water partition coefficient (Wildman–Crippen LogP) is 3.17. The molecule has 0 saturated heterocycles. The fourth-order valence-electron chi connectivity index (χ4n) is 3.42. The third-order valence-electron chi connectivity index (χ3n) is 4.94. The van der Waals surface area contributed by atoms with Gasteiger partial charge >= 0.3 is 18.1 Å². The quantitative estimate of drug-likeness (QED) is 0.523. The molecule has 1 aliphatic rings. The van der Waals surface area contributed by atoms with E-state index in [2.05, 4.69) is 5.32 Å². The average Bonchev–Trinajstić information content (AvgIpc) is 2.65. The van der Waals surface area contributed by atoms with Gasteiger partial charge in [0.25, 0.3) is 0 Å². The van der Waals surface area contributed by atoms with Crippen LogP contribution in [0.15, 0.2) is 46.8 Å². The van der Waals surface area contributed by atoms with Crippen LogP contribution in [0.5, 0.6) is 0 Å². The molecule has 1 N–H and O–H groups in total. The summed E-state index contributed by atoms with van der Waals surface area (Å²) in [6.07, 6.45) is -6.19. The second-order valence-electron chi connectivity index (χ2n) is 8.64. The van der Waals surface area contributed by atoms with E-state index in [-0.39, 0.29) is 17.0 Å². The summed E-state index contributed by atoms with van der Waals surface area (Å²) < 4.78 is 51.5. The van der Waals surface area contributed by atoms with E-state index in [9.17, 15) is 32.7 Å². The zero-order valence-corrected chi connectivity index (χ0v) is 19.0. The second-order valence-corrected chi connectivity index (χ2v) is 8.64. The molecule has 7 nitrogen and oxygen atoms in total. The zero-order valence-electron chi connectivity index (χ0n) is 19.0. The molecule has 0 aromatic heterocycles. The summed E-state index contributed by atoms with van der Waals surface area (Å²) in [6.45, 7) is 8.80. The first-order valence-corrected chi connectivity index (χ1v) is 10.0. The van der Waals surface area contributed by atoms with E-state index in [1.54, 1.807) is 20.8 Å². The van der Waals surface area contributed by atoms with Gasteiger partial charge in [-0.2, -0.15) is 13.2 Å². The molecular weight excluding hydrogens is 443 g/mol. The molecule has 2 rings (SSSR count). The van der Waals surface area contributed by atoms with Crippen molar-refractivity contribution in [3.05, 3.63) is 57.9 Å². The van der Waals surface area contributed by atoms with Crippen LogP contribution in [0.1, 0.15) is 58.6 Å². The molecule has 0 fully saturated rings. The summed E-state index contributed by atoms with van der Waals surface area (Å²) in [7, 11) is 0. The van der Waals surface area contributed by atoms with Crippen molar-refractivity contribution in [2.24, 2.45) is 5.41 Å². The smallest absolute Gasteiger partial charge is 0.416 e. The zero-order chi connectivity index (χ0) is 25.3. The number of hydrogen-bond acceptors (Lipinski definition) is 7. The maximum absolute atomic E-state index is 13.7. The van der Waals surface area contributed by atoms with Gasteiger partial charge in [-0.15, -0.1) is 0 Å². The van der Waals surface area contributed by atoms with E-state index >= 15 is 0 Å². The van der Waals surface area contributed by atoms with Crippen molar-refractivity contribution < 1.29 is 42.1 Å². The first-order valence-electron chi connectivity index (χ1n) is 10.0. The van der Waals surface area contributed by atoms with Gasteiger partial charge in [0.05, 0.1) is 22.5 Å². The molecule has 1 aliphatic heterocycles. The first-order chi connectivity index (χ1) is 15.1. The van der Waals surface area contributed by atoms with Crippen molar-refractivity contribution in [3.8, 4) is 0 Å². The van der Waals surface area contributed by atoms with Crippen LogP contribution in [-0.4, -0.2) is 24.2 Å². The van der Waals surface area contributed by atoms with E-state index in [4.69, 9.17) is 9.47 Å². The molecule has 33 heavy (non-hydrogen) atoms. The monoisotopic (exact) mass is 468 g/mol. The Balaban J connectivity index is 2.57. The highest BCUT2D eigenvalue weighted by atomic mass is 19.4. The minimum atomic E-state index is -4.81. The third kappa shape index (κ3) is 5.74. The highest BCUT2D eigenvalue weighted by molar-refractivity contribution is 5.98. The predicted molar refractivity (Wildman–Crippen MR) is 109 cm³/mol. The normalized spacial score (nSPS) is 17.9. The van der Waals surface area contributed by atoms with Crippen molar-refractivity contribution >= 4 is 17.9 Å². The molecule has 1 aromatic carbocycles. The molecule has 2 unspecified atom stereocenters. The molecule has 2 atom stereocenters. The molecular formula is C23H25F3NO6-. The number of carboxylic acid groups (broad SMARTS) is 1. The van der Waals surface area contributed by atoms with Gasteiger partial charge in [0.1, 0.15) is 0 Å². The Morgan fingerprint density at radius 3 is 2.06 bits per heavy atom. The Morgan fingerprint density at radius 2 is 1.55 bits per heavy atom. The van der Waals surface area contributed by atoms with E-state index < -0.39 is 58.4 Å². The Labute approximate surface area is 189 Å². The molecule has 0 aliphatic carbocycles. The van der Waals surface area contributed by atoms with Crippen molar-refractivity contribution in [1.82, 2.24) is 5.32 Å². The standard InChI is InChI=1S/C23H26F3NO6/c1-11-16(19(28)29)18(14-9-7-8-10-15(14)23(24,25)26)17(12(2)27-11)20(30)32-13(3)33-21(31)22(4,5)6/h7-10,13,18,27H,1-6H3,(H,28,29)/p-1. The maximum Gasteiger partial charge on any atom is 0.416 e. The van der Waals surface area contributed by atoms with Gasteiger partial charge < -0.3 is 24.7 Å². The fourth-order valence-corrected chi connectivity index (χ4v) is 3.42. The summed E-state index contributed by atoms with van der Waals surface area (Å²) in [5.74, 6) is -5.18. The summed E-state index contributed by atoms with van der Waals surface area (Å²) in [5, 5.41) is 14.6. The maximum atomic E-state index is 13.7. The minimum Gasteiger partial charge on any atom is -0.545 e. The number of aliphatic carboxylic acids is 1. The molecule has 0 radical (unpaired) electrons. The summed E-state index contributed by atoms with van der Waals surface area (Å²) in [6, 6.07) is 4.36. The van der Waals surface area contributed by atoms with Gasteiger partial charge in [0.2, 0.25) is 6.29 Å². The Bertz CT molecular complexity index is 1030. The number of halogens is 3. The van der Waals surface area contributed by atoms with Gasteiger partial charge in [-0.1, -0.05) is 18.2 Å². The van der Waals surface area contributed by atoms with Crippen LogP contribution in [-0.2, 0) is 30.0 Å². The molecule has 180 valence electrons. The number of benzene rings is 1. The van der Waals surface area contributed by atoms with Crippen molar-refractivity contribution in [2.45, 2.75) is 59.9 Å². The third-order valence-corrected chi connectivity index (χ3v) is 4.94. The number of rotatable bonds is 5. The van der Waals surface area contributed by atoms with Gasteiger partial charge in [-0.25, -0.2) is 4.79 Å². The Hall–Kier alpha value is -3.30. The number of alkyl halides is 3. The molecule has 0 amide bonds. The SMILES string of the molecule is CC1=C(C(=O)[O-])C(c2ccccc2C(F)(F)F)C(C(=O)OC(C)OC(=O)C(C)(C)C)=C(C)N1. The highest BCUT2D eigenvalue weighted by Gasteiger charge is 2.41. The van der Waals surface area contributed by atoms with Crippen LogP contribution >= 0.6 is 0 Å². The lowest BCUT2D eigenvalue weighted by Gasteiger charge is -2.33. The molecule has 1 heterocycles. The molecule has 0 bridgehead atoms. The van der Waals surface area contributed by atoms with Gasteiger partial charge in [-0.3, -0.25) is 4.79 Å². The van der Waals surface area contributed by atoms with Crippen LogP contribution in [0, 0.1) is 5.41 Å². The lowest BCUT2D eigenvalue weighted by Crippen LogP contribution is -2.38. The van der Waals surface area contributed by atoms with Crippen LogP contribution in [0.25, 0.3) is 0 Å². The molecule has 10 heteroatoms. The van der Waals surface area contributed by atoms with E-state index in [1.807, 2.05) is 0 Å². The number of carbonyl (C=O) groups excluding carboxylic acids is 3. The number of dihydropyridines is 1. The van der Waals surface area contributed by atoms with Gasteiger partial charge in [-0.05, 0) is 46.2 Å². The number of hydrogen-bond donors (Lipinski definition) is 1. The topological polar surface area (TPSA) is 105 Å². The van der Waals surface area contributed by atoms with E-state index in [0.717, 1.165) is 18.2 Å². The summed E-state index contributed by atoms with van der Waals surface area (Å²) in [5.41, 5.74) is -3.22. The summed E-state index contributed by atoms with van der Waals surface area (Å²) in [4.78, 5) is 37.0. The van der Waals surface area contributed by atoms with Crippen molar-refractivity contribution in [1.29, 1.82) is 0 Å². The lowest BCUT2D eigenvalue weighted by molar-refractivity contribution is -0.299. The number of esters is 2. The van der Waals surface area contributed by atoms with Crippen LogP contribution in [0.4, 0.5) is 13.2 Å². The first kappa shape index (κ1) is 26.0.